The molecule has 0 fully saturated rings. The molecule has 4 rings (SSSR count). The fourth-order valence-electron chi connectivity index (χ4n) is 3.86. The van der Waals surface area contributed by atoms with E-state index in [1.807, 2.05) is 30.3 Å². The van der Waals surface area contributed by atoms with Gasteiger partial charge in [0.2, 0.25) is 5.91 Å². The van der Waals surface area contributed by atoms with Crippen LogP contribution in [0, 0.1) is 0 Å². The van der Waals surface area contributed by atoms with Gasteiger partial charge in [-0.2, -0.15) is 13.2 Å². The van der Waals surface area contributed by atoms with Crippen molar-refractivity contribution in [2.75, 3.05) is 6.54 Å². The minimum atomic E-state index is -5.38. The predicted octanol–water partition coefficient (Wildman–Crippen LogP) is 4.60. The summed E-state index contributed by atoms with van der Waals surface area (Å²) in [5, 5.41) is 8.37. The molecular formula is C28H22F3N3O5. The van der Waals surface area contributed by atoms with Crippen molar-refractivity contribution >= 4 is 29.9 Å². The number of hydroxylamine groups is 2. The van der Waals surface area contributed by atoms with E-state index in [-0.39, 0.29) is 11.6 Å². The van der Waals surface area contributed by atoms with E-state index in [9.17, 15) is 32.8 Å². The Balaban J connectivity index is 1.35. The Morgan fingerprint density at radius 2 is 1.59 bits per heavy atom. The van der Waals surface area contributed by atoms with E-state index in [0.29, 0.717) is 24.9 Å². The van der Waals surface area contributed by atoms with Crippen LogP contribution in [0.5, 0.6) is 0 Å². The van der Waals surface area contributed by atoms with Gasteiger partial charge in [-0.25, -0.2) is 9.78 Å². The molecule has 2 amide bonds. The van der Waals surface area contributed by atoms with Crippen molar-refractivity contribution in [3.63, 3.8) is 0 Å². The average molecular weight is 537 g/mol. The molecule has 1 aromatic heterocycles. The van der Waals surface area contributed by atoms with Crippen LogP contribution in [0.1, 0.15) is 22.5 Å². The fraction of sp³-hybridized carbons (Fsp3) is 0.143. The van der Waals surface area contributed by atoms with Gasteiger partial charge in [-0.05, 0) is 58.2 Å². The minimum absolute atomic E-state index is 0.201. The molecule has 2 aromatic carbocycles. The van der Waals surface area contributed by atoms with Crippen molar-refractivity contribution in [3.05, 3.63) is 101 Å². The minimum Gasteiger partial charge on any atom is -0.334 e. The van der Waals surface area contributed by atoms with E-state index in [1.165, 1.54) is 23.8 Å². The summed E-state index contributed by atoms with van der Waals surface area (Å²) in [6, 6.07) is 21.0. The molecule has 11 heteroatoms. The molecule has 0 aliphatic carbocycles. The van der Waals surface area contributed by atoms with Crippen LogP contribution in [0.25, 0.3) is 23.3 Å². The highest BCUT2D eigenvalue weighted by Gasteiger charge is 2.43. The van der Waals surface area contributed by atoms with Crippen molar-refractivity contribution in [1.29, 1.82) is 0 Å². The van der Waals surface area contributed by atoms with Crippen LogP contribution in [-0.4, -0.2) is 50.8 Å². The Kier molecular flexibility index (Phi) is 8.21. The van der Waals surface area contributed by atoms with Crippen molar-refractivity contribution < 1.29 is 37.6 Å². The molecule has 200 valence electrons. The predicted molar refractivity (Wildman–Crippen MR) is 134 cm³/mol. The lowest BCUT2D eigenvalue weighted by Gasteiger charge is -2.28. The number of fused-ring (bicyclic) bond motifs is 1. The second kappa shape index (κ2) is 11.7. The molecule has 8 nitrogen and oxygen atoms in total. The van der Waals surface area contributed by atoms with Gasteiger partial charge in [0.1, 0.15) is 0 Å². The summed E-state index contributed by atoms with van der Waals surface area (Å²) >= 11 is 0. The number of hydrogen-bond donors (Lipinski definition) is 1. The van der Waals surface area contributed by atoms with E-state index in [1.54, 1.807) is 17.0 Å². The number of benzene rings is 2. The molecule has 2 heterocycles. The summed E-state index contributed by atoms with van der Waals surface area (Å²) < 4.78 is 36.5. The Hall–Kier alpha value is -4.77. The molecule has 1 aliphatic rings. The van der Waals surface area contributed by atoms with Crippen molar-refractivity contribution in [2.24, 2.45) is 0 Å². The second-order valence-electron chi connectivity index (χ2n) is 8.50. The summed E-state index contributed by atoms with van der Waals surface area (Å²) in [5.41, 5.74) is 5.13. The number of rotatable bonds is 5. The van der Waals surface area contributed by atoms with Gasteiger partial charge < -0.3 is 9.74 Å². The molecule has 1 aliphatic heterocycles. The van der Waals surface area contributed by atoms with Crippen molar-refractivity contribution in [3.8, 4) is 11.1 Å². The first kappa shape index (κ1) is 27.3. The van der Waals surface area contributed by atoms with Gasteiger partial charge >= 0.3 is 18.1 Å². The highest BCUT2D eigenvalue weighted by Crippen LogP contribution is 2.26. The number of nitrogens with zero attached hydrogens (tertiary/aromatic N) is 3. The smallest absolute Gasteiger partial charge is 0.334 e. The van der Waals surface area contributed by atoms with Gasteiger partial charge in [0.15, 0.2) is 0 Å². The number of hydrogen-bond acceptors (Lipinski definition) is 6. The highest BCUT2D eigenvalue weighted by atomic mass is 19.4. The van der Waals surface area contributed by atoms with E-state index in [0.717, 1.165) is 29.2 Å². The van der Waals surface area contributed by atoms with Gasteiger partial charge in [-0.15, -0.1) is 0 Å². The number of halogens is 3. The van der Waals surface area contributed by atoms with Crippen LogP contribution in [0.3, 0.4) is 0 Å². The average Bonchev–Trinajstić information content (AvgIpc) is 2.94. The maximum Gasteiger partial charge on any atom is 0.493 e. The molecular weight excluding hydrogens is 515 g/mol. The number of pyridine rings is 1. The lowest BCUT2D eigenvalue weighted by molar-refractivity contribution is -0.312. The molecule has 0 radical (unpaired) electrons. The molecule has 0 spiro atoms. The first-order valence-electron chi connectivity index (χ1n) is 11.7. The van der Waals surface area contributed by atoms with Gasteiger partial charge in [0.05, 0.1) is 11.4 Å². The number of carbonyl (C=O) groups is 3. The van der Waals surface area contributed by atoms with E-state index < -0.39 is 23.3 Å². The summed E-state index contributed by atoms with van der Waals surface area (Å²) in [6.45, 7) is 1.03. The molecule has 1 N–H and O–H groups in total. The Bertz CT molecular complexity index is 1440. The van der Waals surface area contributed by atoms with E-state index >= 15 is 0 Å². The Morgan fingerprint density at radius 1 is 0.897 bits per heavy atom. The molecule has 0 bridgehead atoms. The number of carbonyl (C=O) groups excluding carboxylic acids is 3. The van der Waals surface area contributed by atoms with Gasteiger partial charge in [-0.3, -0.25) is 14.8 Å². The van der Waals surface area contributed by atoms with Gasteiger partial charge in [0, 0.05) is 25.2 Å². The molecule has 3 aromatic rings. The Labute approximate surface area is 221 Å². The standard InChI is InChI=1S/C28H22F3N3O5/c29-28(30,31)27(37)39-34(38)26(36)14-12-24-8-4-7-23(32-24)11-13-25(35)33-16-15-21-17-20(9-10-22(21)18-33)19-5-2-1-3-6-19/h1-14,17,38H,15-16,18H2/b13-11+,14-12+. The first-order chi connectivity index (χ1) is 18.6. The third-order valence-electron chi connectivity index (χ3n) is 5.81. The highest BCUT2D eigenvalue weighted by molar-refractivity contribution is 5.92. The van der Waals surface area contributed by atoms with Crippen molar-refractivity contribution in [1.82, 2.24) is 15.1 Å². The SMILES string of the molecule is O=C(/C=C/c1cccc(/C=C/C(=O)N(O)OC(=O)C(F)(F)F)n1)N1CCc2cc(-c3ccccc3)ccc2C1. The summed E-state index contributed by atoms with van der Waals surface area (Å²) in [7, 11) is 0. The Morgan fingerprint density at radius 3 is 2.28 bits per heavy atom. The summed E-state index contributed by atoms with van der Waals surface area (Å²) in [5.74, 6) is -4.39. The van der Waals surface area contributed by atoms with E-state index in [2.05, 4.69) is 28.0 Å². The molecule has 0 unspecified atom stereocenters. The van der Waals surface area contributed by atoms with Gasteiger partial charge in [0.25, 0.3) is 0 Å². The van der Waals surface area contributed by atoms with Gasteiger partial charge in [-0.1, -0.05) is 54.6 Å². The number of amides is 2. The van der Waals surface area contributed by atoms with Crippen LogP contribution in [0.15, 0.2) is 78.9 Å². The summed E-state index contributed by atoms with van der Waals surface area (Å²) in [6.07, 6.45) is -0.0117. The number of aromatic nitrogens is 1. The normalized spacial score (nSPS) is 13.4. The lowest BCUT2D eigenvalue weighted by atomic mass is 9.94. The first-order valence-corrected chi connectivity index (χ1v) is 11.7. The number of alkyl halides is 3. The quantitative estimate of drug-likeness (QED) is 0.290. The molecule has 0 saturated heterocycles. The topological polar surface area (TPSA) is 100 Å². The molecule has 0 saturated carbocycles. The summed E-state index contributed by atoms with van der Waals surface area (Å²) in [4.78, 5) is 44.6. The third kappa shape index (κ3) is 7.17. The van der Waals surface area contributed by atoms with Crippen LogP contribution < -0.4 is 0 Å². The fourth-order valence-corrected chi connectivity index (χ4v) is 3.86. The lowest BCUT2D eigenvalue weighted by Crippen LogP contribution is -2.35. The third-order valence-corrected chi connectivity index (χ3v) is 5.81. The van der Waals surface area contributed by atoms with Crippen LogP contribution >= 0.6 is 0 Å². The van der Waals surface area contributed by atoms with Crippen LogP contribution in [0.4, 0.5) is 13.2 Å². The molecule has 39 heavy (non-hydrogen) atoms. The maximum atomic E-state index is 12.8. The van der Waals surface area contributed by atoms with E-state index in [4.69, 9.17) is 0 Å². The zero-order valence-electron chi connectivity index (χ0n) is 20.3. The largest absolute Gasteiger partial charge is 0.493 e. The zero-order valence-corrected chi connectivity index (χ0v) is 20.3. The molecule has 0 atom stereocenters. The zero-order chi connectivity index (χ0) is 28.0. The van der Waals surface area contributed by atoms with Crippen LogP contribution in [0.2, 0.25) is 0 Å². The second-order valence-corrected chi connectivity index (χ2v) is 8.50. The van der Waals surface area contributed by atoms with Crippen LogP contribution in [-0.2, 0) is 32.2 Å². The monoisotopic (exact) mass is 537 g/mol. The maximum absolute atomic E-state index is 12.8. The van der Waals surface area contributed by atoms with Crippen molar-refractivity contribution in [2.45, 2.75) is 19.1 Å².